The standard InChI is InChI=1S/C8H8ClF5O/c9-5-2-1-3-6(5)15-4-7(10,11)8(12,13)14/h1-4H2. The lowest BCUT2D eigenvalue weighted by Crippen LogP contribution is -2.40. The highest BCUT2D eigenvalue weighted by atomic mass is 35.5. The second-order valence-electron chi connectivity index (χ2n) is 3.17. The van der Waals surface area contributed by atoms with Gasteiger partial charge < -0.3 is 4.74 Å². The molecule has 15 heavy (non-hydrogen) atoms. The van der Waals surface area contributed by atoms with Crippen molar-refractivity contribution in [3.63, 3.8) is 0 Å². The molecule has 0 bridgehead atoms. The zero-order valence-corrected chi connectivity index (χ0v) is 8.26. The van der Waals surface area contributed by atoms with Gasteiger partial charge in [-0.05, 0) is 12.8 Å². The van der Waals surface area contributed by atoms with Crippen molar-refractivity contribution in [1.82, 2.24) is 0 Å². The van der Waals surface area contributed by atoms with Crippen molar-refractivity contribution in [1.29, 1.82) is 0 Å². The fourth-order valence-corrected chi connectivity index (χ4v) is 1.37. The van der Waals surface area contributed by atoms with E-state index in [2.05, 4.69) is 4.74 Å². The summed E-state index contributed by atoms with van der Waals surface area (Å²) in [6.07, 6.45) is -4.19. The van der Waals surface area contributed by atoms with Gasteiger partial charge in [0.25, 0.3) is 0 Å². The minimum atomic E-state index is -5.58. The largest absolute Gasteiger partial charge is 0.490 e. The van der Waals surface area contributed by atoms with Crippen molar-refractivity contribution in [2.75, 3.05) is 6.61 Å². The molecule has 88 valence electrons. The number of rotatable bonds is 3. The lowest BCUT2D eigenvalue weighted by Gasteiger charge is -2.20. The van der Waals surface area contributed by atoms with Crippen LogP contribution in [0.5, 0.6) is 0 Å². The summed E-state index contributed by atoms with van der Waals surface area (Å²) in [5.74, 6) is -4.79. The van der Waals surface area contributed by atoms with Crippen LogP contribution in [0.15, 0.2) is 10.8 Å². The monoisotopic (exact) mass is 250 g/mol. The molecule has 0 aliphatic heterocycles. The van der Waals surface area contributed by atoms with Gasteiger partial charge in [-0.15, -0.1) is 0 Å². The average Bonchev–Trinajstić information content (AvgIpc) is 2.46. The van der Waals surface area contributed by atoms with Crippen LogP contribution in [0.1, 0.15) is 19.3 Å². The van der Waals surface area contributed by atoms with Crippen molar-refractivity contribution >= 4 is 11.6 Å². The van der Waals surface area contributed by atoms with Gasteiger partial charge in [-0.1, -0.05) is 11.6 Å². The number of halogens is 6. The van der Waals surface area contributed by atoms with Crippen LogP contribution in [0.2, 0.25) is 0 Å². The highest BCUT2D eigenvalue weighted by molar-refractivity contribution is 6.30. The van der Waals surface area contributed by atoms with Gasteiger partial charge in [0.05, 0.1) is 5.03 Å². The van der Waals surface area contributed by atoms with Crippen LogP contribution in [0, 0.1) is 0 Å². The molecule has 0 atom stereocenters. The van der Waals surface area contributed by atoms with E-state index in [9.17, 15) is 22.0 Å². The van der Waals surface area contributed by atoms with Crippen LogP contribution in [0.25, 0.3) is 0 Å². The molecule has 7 heteroatoms. The van der Waals surface area contributed by atoms with Crippen LogP contribution < -0.4 is 0 Å². The lowest BCUT2D eigenvalue weighted by atomic mass is 10.3. The summed E-state index contributed by atoms with van der Waals surface area (Å²) in [6.45, 7) is -1.71. The van der Waals surface area contributed by atoms with Crippen LogP contribution in [-0.4, -0.2) is 18.7 Å². The molecule has 0 aromatic heterocycles. The minimum absolute atomic E-state index is 0.0422. The van der Waals surface area contributed by atoms with Crippen LogP contribution in [0.3, 0.4) is 0 Å². The first-order valence-electron chi connectivity index (χ1n) is 4.19. The first-order chi connectivity index (χ1) is 6.74. The van der Waals surface area contributed by atoms with Gasteiger partial charge in [0.2, 0.25) is 0 Å². The smallest absolute Gasteiger partial charge is 0.456 e. The summed E-state index contributed by atoms with van der Waals surface area (Å²) in [5.41, 5.74) is 0. The first-order valence-corrected chi connectivity index (χ1v) is 4.57. The third-order valence-corrected chi connectivity index (χ3v) is 2.34. The summed E-state index contributed by atoms with van der Waals surface area (Å²) in [6, 6.07) is 0. The Morgan fingerprint density at radius 3 is 2.13 bits per heavy atom. The number of alkyl halides is 5. The van der Waals surface area contributed by atoms with Crippen molar-refractivity contribution in [3.8, 4) is 0 Å². The zero-order chi connectivity index (χ0) is 11.7. The molecule has 0 fully saturated rings. The van der Waals surface area contributed by atoms with Gasteiger partial charge in [-0.25, -0.2) is 0 Å². The Morgan fingerprint density at radius 1 is 1.13 bits per heavy atom. The summed E-state index contributed by atoms with van der Waals surface area (Å²) in [4.78, 5) is 0. The Kier molecular flexibility index (Phi) is 3.48. The van der Waals surface area contributed by atoms with E-state index < -0.39 is 18.7 Å². The molecular formula is C8H8ClF5O. The lowest BCUT2D eigenvalue weighted by molar-refractivity contribution is -0.294. The second-order valence-corrected chi connectivity index (χ2v) is 3.63. The molecule has 1 rings (SSSR count). The molecule has 0 N–H and O–H groups in total. The molecule has 0 amide bonds. The normalized spacial score (nSPS) is 18.5. The molecule has 0 unspecified atom stereocenters. The first kappa shape index (κ1) is 12.5. The molecule has 1 aliphatic rings. The molecule has 0 heterocycles. The molecule has 0 saturated heterocycles. The Bertz CT molecular complexity index is 271. The van der Waals surface area contributed by atoms with Gasteiger partial charge in [0.15, 0.2) is 6.61 Å². The molecule has 1 nitrogen and oxygen atoms in total. The van der Waals surface area contributed by atoms with Crippen LogP contribution >= 0.6 is 11.6 Å². The summed E-state index contributed by atoms with van der Waals surface area (Å²) in [7, 11) is 0. The maximum Gasteiger partial charge on any atom is 0.456 e. The minimum Gasteiger partial charge on any atom is -0.490 e. The van der Waals surface area contributed by atoms with Crippen LogP contribution in [0.4, 0.5) is 22.0 Å². The van der Waals surface area contributed by atoms with Gasteiger partial charge in [-0.2, -0.15) is 22.0 Å². The van der Waals surface area contributed by atoms with Crippen molar-refractivity contribution in [2.24, 2.45) is 0 Å². The summed E-state index contributed by atoms with van der Waals surface area (Å²) in [5, 5.41) is 0.230. The number of hydrogen-bond acceptors (Lipinski definition) is 1. The van der Waals surface area contributed by atoms with Gasteiger partial charge in [0, 0.05) is 6.42 Å². The molecule has 0 saturated carbocycles. The number of ether oxygens (including phenoxy) is 1. The van der Waals surface area contributed by atoms with Gasteiger partial charge in [-0.3, -0.25) is 0 Å². The highest BCUT2D eigenvalue weighted by Crippen LogP contribution is 2.37. The molecule has 0 aromatic carbocycles. The fraction of sp³-hybridized carbons (Fsp3) is 0.750. The summed E-state index contributed by atoms with van der Waals surface area (Å²) >= 11 is 5.55. The highest BCUT2D eigenvalue weighted by Gasteiger charge is 2.58. The Hall–Kier alpha value is -0.520. The summed E-state index contributed by atoms with van der Waals surface area (Å²) < 4.78 is 64.4. The van der Waals surface area contributed by atoms with E-state index in [1.165, 1.54) is 0 Å². The zero-order valence-electron chi connectivity index (χ0n) is 7.50. The molecular weight excluding hydrogens is 243 g/mol. The molecule has 0 radical (unpaired) electrons. The Labute approximate surface area is 87.8 Å². The average molecular weight is 251 g/mol. The van der Waals surface area contributed by atoms with E-state index in [-0.39, 0.29) is 10.8 Å². The van der Waals surface area contributed by atoms with Crippen LogP contribution in [-0.2, 0) is 4.74 Å². The Morgan fingerprint density at radius 2 is 1.73 bits per heavy atom. The molecule has 0 aromatic rings. The van der Waals surface area contributed by atoms with E-state index in [1.807, 2.05) is 0 Å². The van der Waals surface area contributed by atoms with E-state index in [4.69, 9.17) is 11.6 Å². The van der Waals surface area contributed by atoms with Gasteiger partial charge >= 0.3 is 12.1 Å². The van der Waals surface area contributed by atoms with Crippen molar-refractivity contribution < 1.29 is 26.7 Å². The van der Waals surface area contributed by atoms with E-state index >= 15 is 0 Å². The van der Waals surface area contributed by atoms with Crippen molar-refractivity contribution in [3.05, 3.63) is 10.8 Å². The van der Waals surface area contributed by atoms with Gasteiger partial charge in [0.1, 0.15) is 5.76 Å². The Balaban J connectivity index is 2.53. The number of hydrogen-bond donors (Lipinski definition) is 0. The maximum atomic E-state index is 12.4. The van der Waals surface area contributed by atoms with E-state index in [0.717, 1.165) is 0 Å². The van der Waals surface area contributed by atoms with E-state index in [1.54, 1.807) is 0 Å². The van der Waals surface area contributed by atoms with E-state index in [0.29, 0.717) is 19.3 Å². The maximum absolute atomic E-state index is 12.4. The third-order valence-electron chi connectivity index (χ3n) is 1.95. The third kappa shape index (κ3) is 2.96. The predicted octanol–water partition coefficient (Wildman–Crippen LogP) is 3.83. The molecule has 0 spiro atoms. The molecule has 1 aliphatic carbocycles. The van der Waals surface area contributed by atoms with Crippen molar-refractivity contribution in [2.45, 2.75) is 31.4 Å². The second kappa shape index (κ2) is 4.15. The number of allylic oxidation sites excluding steroid dienone is 2. The predicted molar refractivity (Wildman–Crippen MR) is 43.7 cm³/mol. The fourth-order valence-electron chi connectivity index (χ4n) is 1.09. The SMILES string of the molecule is FC(F)(F)C(F)(F)COC1=C(Cl)CCC1. The quantitative estimate of drug-likeness (QED) is 0.692. The topological polar surface area (TPSA) is 9.23 Å².